The zero-order valence-corrected chi connectivity index (χ0v) is 11.2. The molecular formula is C15H18O4. The zero-order valence-electron chi connectivity index (χ0n) is 11.2. The average Bonchev–Trinajstić information content (AvgIpc) is 2.44. The minimum atomic E-state index is -0.943. The van der Waals surface area contributed by atoms with Crippen molar-refractivity contribution in [3.63, 3.8) is 0 Å². The minimum absolute atomic E-state index is 0.0668. The Kier molecular flexibility index (Phi) is 6.51. The Balaban J connectivity index is 2.96. The van der Waals surface area contributed by atoms with Crippen molar-refractivity contribution in [3.8, 4) is 17.8 Å². The summed E-state index contributed by atoms with van der Waals surface area (Å²) < 4.78 is 14.8. The van der Waals surface area contributed by atoms with Gasteiger partial charge in [-0.15, -0.1) is 6.58 Å². The highest BCUT2D eigenvalue weighted by Crippen LogP contribution is 2.27. The van der Waals surface area contributed by atoms with E-state index in [9.17, 15) is 5.11 Å². The van der Waals surface area contributed by atoms with Crippen LogP contribution in [-0.2, 0) is 15.9 Å². The average molecular weight is 262 g/mol. The third-order valence-electron chi connectivity index (χ3n) is 2.48. The number of benzene rings is 1. The van der Waals surface area contributed by atoms with Gasteiger partial charge in [0.1, 0.15) is 18.0 Å². The summed E-state index contributed by atoms with van der Waals surface area (Å²) in [6, 6.07) is 5.45. The highest BCUT2D eigenvalue weighted by molar-refractivity contribution is 5.44. The van der Waals surface area contributed by atoms with Gasteiger partial charge in [-0.25, -0.2) is 0 Å². The van der Waals surface area contributed by atoms with Crippen molar-refractivity contribution in [3.05, 3.63) is 42.0 Å². The maximum atomic E-state index is 10.1. The molecule has 0 spiro atoms. The number of hydrogen-bond acceptors (Lipinski definition) is 4. The van der Waals surface area contributed by atoms with E-state index in [0.717, 1.165) is 5.56 Å². The molecule has 0 fully saturated rings. The van der Waals surface area contributed by atoms with E-state index in [4.69, 9.17) is 9.47 Å². The number of hydrogen-bond donors (Lipinski definition) is 1. The molecule has 0 aliphatic heterocycles. The van der Waals surface area contributed by atoms with Crippen LogP contribution in [0.3, 0.4) is 0 Å². The Morgan fingerprint density at radius 2 is 2.21 bits per heavy atom. The van der Waals surface area contributed by atoms with Crippen molar-refractivity contribution >= 4 is 0 Å². The van der Waals surface area contributed by atoms with Gasteiger partial charge in [-0.05, 0) is 24.0 Å². The number of allylic oxidation sites excluding steroid dienone is 1. The predicted octanol–water partition coefficient (Wildman–Crippen LogP) is 2.04. The summed E-state index contributed by atoms with van der Waals surface area (Å²) in [6.07, 6.45) is 3.80. The Bertz CT molecular complexity index is 471. The molecule has 1 aromatic carbocycles. The lowest BCUT2D eigenvalue weighted by molar-refractivity contribution is 0.0306. The van der Waals surface area contributed by atoms with E-state index in [1.807, 2.05) is 12.1 Å². The summed E-state index contributed by atoms with van der Waals surface area (Å²) in [4.78, 5) is 0. The van der Waals surface area contributed by atoms with Crippen molar-refractivity contribution in [1.82, 2.24) is 0 Å². The lowest BCUT2D eigenvalue weighted by Crippen LogP contribution is -2.02. The molecule has 1 N–H and O–H groups in total. The van der Waals surface area contributed by atoms with E-state index in [0.29, 0.717) is 17.7 Å². The van der Waals surface area contributed by atoms with Gasteiger partial charge in [0, 0.05) is 12.7 Å². The fraction of sp³-hybridized carbons (Fsp3) is 0.333. The predicted molar refractivity (Wildman–Crippen MR) is 72.6 cm³/mol. The van der Waals surface area contributed by atoms with Crippen LogP contribution in [-0.4, -0.2) is 26.1 Å². The minimum Gasteiger partial charge on any atom is -0.496 e. The first-order chi connectivity index (χ1) is 9.24. The molecular weight excluding hydrogens is 244 g/mol. The van der Waals surface area contributed by atoms with Gasteiger partial charge in [-0.1, -0.05) is 18.2 Å². The van der Waals surface area contributed by atoms with Crippen LogP contribution < -0.4 is 4.74 Å². The Hall–Kier alpha value is -1.96. The second-order valence-corrected chi connectivity index (χ2v) is 3.72. The van der Waals surface area contributed by atoms with Gasteiger partial charge >= 0.3 is 0 Å². The molecule has 0 aromatic heterocycles. The van der Waals surface area contributed by atoms with E-state index in [1.165, 1.54) is 7.11 Å². The van der Waals surface area contributed by atoms with E-state index in [1.54, 1.807) is 19.3 Å². The lowest BCUT2D eigenvalue weighted by Gasteiger charge is -2.13. The molecule has 0 saturated carbocycles. The van der Waals surface area contributed by atoms with Crippen LogP contribution in [0.2, 0.25) is 0 Å². The molecule has 0 aliphatic carbocycles. The Morgan fingerprint density at radius 3 is 2.84 bits per heavy atom. The number of rotatable bonds is 6. The molecule has 19 heavy (non-hydrogen) atoms. The molecule has 0 heterocycles. The number of ether oxygens (including phenoxy) is 3. The van der Waals surface area contributed by atoms with Gasteiger partial charge < -0.3 is 19.3 Å². The first-order valence-electron chi connectivity index (χ1n) is 5.80. The molecule has 102 valence electrons. The fourth-order valence-corrected chi connectivity index (χ4v) is 1.66. The second-order valence-electron chi connectivity index (χ2n) is 3.72. The molecule has 1 atom stereocenters. The first kappa shape index (κ1) is 15.1. The van der Waals surface area contributed by atoms with Crippen LogP contribution in [0.15, 0.2) is 30.9 Å². The highest BCUT2D eigenvalue weighted by atomic mass is 16.6. The maximum Gasteiger partial charge on any atom is 0.199 e. The first-order valence-corrected chi connectivity index (χ1v) is 5.80. The monoisotopic (exact) mass is 262 g/mol. The summed E-state index contributed by atoms with van der Waals surface area (Å²) in [5, 5.41) is 10.1. The van der Waals surface area contributed by atoms with Crippen LogP contribution in [0.1, 0.15) is 17.2 Å². The third kappa shape index (κ3) is 4.32. The van der Waals surface area contributed by atoms with Crippen molar-refractivity contribution in [2.24, 2.45) is 0 Å². The third-order valence-corrected chi connectivity index (χ3v) is 2.48. The Labute approximate surface area is 113 Å². The summed E-state index contributed by atoms with van der Waals surface area (Å²) in [5.41, 5.74) is 1.56. The van der Waals surface area contributed by atoms with Crippen LogP contribution in [0.4, 0.5) is 0 Å². The van der Waals surface area contributed by atoms with Gasteiger partial charge in [-0.2, -0.15) is 0 Å². The summed E-state index contributed by atoms with van der Waals surface area (Å²) >= 11 is 0. The molecule has 0 aliphatic rings. The normalized spacial score (nSPS) is 11.1. The lowest BCUT2D eigenvalue weighted by atomic mass is 9.99. The van der Waals surface area contributed by atoms with Crippen molar-refractivity contribution in [1.29, 1.82) is 0 Å². The molecule has 0 bridgehead atoms. The van der Waals surface area contributed by atoms with E-state index in [-0.39, 0.29) is 6.79 Å². The van der Waals surface area contributed by atoms with Gasteiger partial charge in [0.15, 0.2) is 6.79 Å². The van der Waals surface area contributed by atoms with E-state index >= 15 is 0 Å². The van der Waals surface area contributed by atoms with Gasteiger partial charge in [-0.3, -0.25) is 0 Å². The van der Waals surface area contributed by atoms with Crippen LogP contribution in [0, 0.1) is 12.0 Å². The molecule has 4 nitrogen and oxygen atoms in total. The second kappa shape index (κ2) is 8.20. The summed E-state index contributed by atoms with van der Waals surface area (Å²) in [5.74, 6) is 3.30. The fourth-order valence-electron chi connectivity index (χ4n) is 1.66. The maximum absolute atomic E-state index is 10.1. The van der Waals surface area contributed by atoms with Gasteiger partial charge in [0.25, 0.3) is 0 Å². The topological polar surface area (TPSA) is 47.9 Å². The van der Waals surface area contributed by atoms with Crippen LogP contribution in [0.5, 0.6) is 5.75 Å². The van der Waals surface area contributed by atoms with Gasteiger partial charge in [0.05, 0.1) is 7.11 Å². The number of methoxy groups -OCH3 is 2. The summed E-state index contributed by atoms with van der Waals surface area (Å²) in [7, 11) is 3.09. The van der Waals surface area contributed by atoms with Crippen LogP contribution >= 0.6 is 0 Å². The SMILES string of the molecule is C=CCc1c(OC)cccc1[C@@H](O)C#COCOC. The standard InChI is InChI=1S/C15H18O4/c1-4-6-13-12(7-5-8-15(13)18-3)14(16)9-10-19-11-17-2/h4-5,7-8,14,16H,1,6,11H2,2-3H3/t14-/m0/s1. The molecule has 4 heteroatoms. The van der Waals surface area contributed by atoms with E-state index < -0.39 is 6.10 Å². The number of aliphatic hydroxyl groups is 1. The van der Waals surface area contributed by atoms with Gasteiger partial charge in [0.2, 0.25) is 0 Å². The number of aliphatic hydroxyl groups excluding tert-OH is 1. The quantitative estimate of drug-likeness (QED) is 0.369. The Morgan fingerprint density at radius 1 is 1.42 bits per heavy atom. The molecule has 0 amide bonds. The smallest absolute Gasteiger partial charge is 0.199 e. The van der Waals surface area contributed by atoms with Crippen molar-refractivity contribution in [2.75, 3.05) is 21.0 Å². The molecule has 1 rings (SSSR count). The van der Waals surface area contributed by atoms with Crippen molar-refractivity contribution < 1.29 is 19.3 Å². The molecule has 1 aromatic rings. The summed E-state index contributed by atoms with van der Waals surface area (Å²) in [6.45, 7) is 3.77. The largest absolute Gasteiger partial charge is 0.496 e. The highest BCUT2D eigenvalue weighted by Gasteiger charge is 2.13. The molecule has 0 radical (unpaired) electrons. The zero-order chi connectivity index (χ0) is 14.1. The molecule has 0 saturated heterocycles. The van der Waals surface area contributed by atoms with E-state index in [2.05, 4.69) is 23.3 Å². The van der Waals surface area contributed by atoms with Crippen molar-refractivity contribution in [2.45, 2.75) is 12.5 Å². The van der Waals surface area contributed by atoms with Crippen LogP contribution in [0.25, 0.3) is 0 Å². The molecule has 0 unspecified atom stereocenters.